The Morgan fingerprint density at radius 2 is 1.66 bits per heavy atom. The number of halogens is 1. The van der Waals surface area contributed by atoms with Crippen molar-refractivity contribution in [3.05, 3.63) is 136 Å². The van der Waals surface area contributed by atoms with Crippen molar-refractivity contribution < 1.29 is 18.7 Å². The number of hydrogen-bond donors (Lipinski definition) is 2. The van der Waals surface area contributed by atoms with E-state index >= 15 is 0 Å². The SMILES string of the molecule is Cc1cc(C(=O)NC(Cc2cccc(C#CCOc3cccc(C(P)NCc4ccccc4)c3)c2)C(=O)C(C)C)ccc1F. The van der Waals surface area contributed by atoms with Gasteiger partial charge >= 0.3 is 0 Å². The summed E-state index contributed by atoms with van der Waals surface area (Å²) in [6.45, 7) is 6.19. The number of rotatable bonds is 12. The third kappa shape index (κ3) is 9.61. The highest BCUT2D eigenvalue weighted by Gasteiger charge is 2.24. The van der Waals surface area contributed by atoms with Crippen molar-refractivity contribution in [2.45, 2.75) is 45.6 Å². The molecule has 0 bridgehead atoms. The number of benzene rings is 4. The summed E-state index contributed by atoms with van der Waals surface area (Å²) in [5.41, 5.74) is 4.65. The maximum Gasteiger partial charge on any atom is 0.251 e. The topological polar surface area (TPSA) is 67.4 Å². The first-order valence-electron chi connectivity index (χ1n) is 14.6. The molecule has 3 atom stereocenters. The van der Waals surface area contributed by atoms with Crippen molar-refractivity contribution in [3.8, 4) is 17.6 Å². The summed E-state index contributed by atoms with van der Waals surface area (Å²) in [5, 5.41) is 6.36. The molecular weight excluding hydrogens is 570 g/mol. The van der Waals surface area contributed by atoms with Crippen molar-refractivity contribution in [1.82, 2.24) is 10.6 Å². The van der Waals surface area contributed by atoms with Crippen LogP contribution in [-0.4, -0.2) is 24.3 Å². The first kappa shape index (κ1) is 32.6. The number of ether oxygens (including phenoxy) is 1. The average Bonchev–Trinajstić information content (AvgIpc) is 3.03. The van der Waals surface area contributed by atoms with Gasteiger partial charge in [0.1, 0.15) is 18.2 Å². The van der Waals surface area contributed by atoms with Crippen molar-refractivity contribution in [2.24, 2.45) is 5.92 Å². The van der Waals surface area contributed by atoms with Crippen LogP contribution in [0.1, 0.15) is 57.8 Å². The molecule has 44 heavy (non-hydrogen) atoms. The minimum absolute atomic E-state index is 0.0728. The fourth-order valence-corrected chi connectivity index (χ4v) is 4.99. The van der Waals surface area contributed by atoms with Gasteiger partial charge in [-0.25, -0.2) is 4.39 Å². The molecule has 0 aliphatic rings. The van der Waals surface area contributed by atoms with Gasteiger partial charge in [-0.05, 0) is 78.1 Å². The second-order valence-electron chi connectivity index (χ2n) is 11.0. The molecule has 3 unspecified atom stereocenters. The maximum atomic E-state index is 13.7. The first-order valence-corrected chi connectivity index (χ1v) is 15.3. The van der Waals surface area contributed by atoms with E-state index in [1.807, 2.05) is 74.5 Å². The fourth-order valence-electron chi connectivity index (χ4n) is 4.66. The predicted molar refractivity (Wildman–Crippen MR) is 177 cm³/mol. The molecule has 0 saturated heterocycles. The minimum atomic E-state index is -0.727. The number of Topliss-reactive ketones (excluding diaryl/α,β-unsaturated/α-hetero) is 1. The van der Waals surface area contributed by atoms with Crippen LogP contribution in [0.25, 0.3) is 0 Å². The lowest BCUT2D eigenvalue weighted by Crippen LogP contribution is -2.44. The van der Waals surface area contributed by atoms with Gasteiger partial charge in [-0.2, -0.15) is 0 Å². The Morgan fingerprint density at radius 3 is 2.41 bits per heavy atom. The van der Waals surface area contributed by atoms with Gasteiger partial charge in [0.2, 0.25) is 0 Å². The summed E-state index contributed by atoms with van der Waals surface area (Å²) < 4.78 is 19.6. The Kier molecular flexibility index (Phi) is 11.8. The molecule has 4 aromatic carbocycles. The second-order valence-corrected chi connectivity index (χ2v) is 11.6. The number of carbonyl (C=O) groups is 2. The lowest BCUT2D eigenvalue weighted by molar-refractivity contribution is -0.123. The van der Waals surface area contributed by atoms with Crippen LogP contribution in [-0.2, 0) is 17.8 Å². The number of ketones is 1. The van der Waals surface area contributed by atoms with Crippen LogP contribution in [0.2, 0.25) is 0 Å². The Morgan fingerprint density at radius 1 is 0.909 bits per heavy atom. The van der Waals surface area contributed by atoms with Gasteiger partial charge in [0, 0.05) is 29.4 Å². The quantitative estimate of drug-likeness (QED) is 0.137. The molecule has 0 saturated carbocycles. The van der Waals surface area contributed by atoms with E-state index < -0.39 is 11.9 Å². The molecule has 4 aromatic rings. The van der Waals surface area contributed by atoms with Gasteiger partial charge in [-0.3, -0.25) is 9.59 Å². The summed E-state index contributed by atoms with van der Waals surface area (Å²) in [5.74, 6) is 5.88. The monoisotopic (exact) mass is 608 g/mol. The fraction of sp³-hybridized carbons (Fsp3) is 0.243. The van der Waals surface area contributed by atoms with Crippen LogP contribution in [0.5, 0.6) is 5.75 Å². The molecule has 0 aromatic heterocycles. The van der Waals surface area contributed by atoms with Gasteiger partial charge in [-0.1, -0.05) is 80.3 Å². The van der Waals surface area contributed by atoms with Crippen LogP contribution < -0.4 is 15.4 Å². The van der Waals surface area contributed by atoms with Crippen LogP contribution in [0.3, 0.4) is 0 Å². The van der Waals surface area contributed by atoms with Gasteiger partial charge in [0.25, 0.3) is 5.91 Å². The van der Waals surface area contributed by atoms with Gasteiger partial charge in [-0.15, -0.1) is 9.24 Å². The zero-order valence-electron chi connectivity index (χ0n) is 25.3. The smallest absolute Gasteiger partial charge is 0.251 e. The van der Waals surface area contributed by atoms with Crippen LogP contribution in [0, 0.1) is 30.5 Å². The molecule has 0 aliphatic heterocycles. The van der Waals surface area contributed by atoms with Crippen LogP contribution in [0.15, 0.2) is 97.1 Å². The summed E-state index contributed by atoms with van der Waals surface area (Å²) >= 11 is 0. The molecule has 226 valence electrons. The molecule has 0 fully saturated rings. The van der Waals surface area contributed by atoms with Gasteiger partial charge < -0.3 is 15.4 Å². The number of carbonyl (C=O) groups excluding carboxylic acids is 2. The Labute approximate surface area is 261 Å². The van der Waals surface area contributed by atoms with Gasteiger partial charge in [0.05, 0.1) is 6.04 Å². The summed E-state index contributed by atoms with van der Waals surface area (Å²) in [6, 6.07) is 29.2. The standard InChI is InChI=1S/C37H38FN2O3P/c1-25(2)35(41)34(40-36(42)30-17-18-33(38)26(3)20-30)22-29-13-7-12-27(21-29)14-9-19-43-32-16-8-15-31(23-32)37(44)39-24-28-10-5-4-6-11-28/h4-8,10-13,15-18,20-21,23,25,34,37,39H,19,22,24,44H2,1-3H3,(H,40,42). The zero-order chi connectivity index (χ0) is 31.5. The van der Waals surface area contributed by atoms with Crippen molar-refractivity contribution in [2.75, 3.05) is 6.61 Å². The predicted octanol–water partition coefficient (Wildman–Crippen LogP) is 6.79. The van der Waals surface area contributed by atoms with Gasteiger partial charge in [0.15, 0.2) is 5.78 Å². The highest BCUT2D eigenvalue weighted by Crippen LogP contribution is 2.24. The molecule has 5 nitrogen and oxygen atoms in total. The molecule has 7 heteroatoms. The normalized spacial score (nSPS) is 12.1. The molecule has 1 amide bonds. The maximum absolute atomic E-state index is 13.7. The van der Waals surface area contributed by atoms with E-state index in [1.54, 1.807) is 6.92 Å². The number of nitrogens with one attached hydrogen (secondary N) is 2. The van der Waals surface area contributed by atoms with E-state index in [0.29, 0.717) is 17.5 Å². The first-order chi connectivity index (χ1) is 21.2. The highest BCUT2D eigenvalue weighted by atomic mass is 31.0. The minimum Gasteiger partial charge on any atom is -0.481 e. The van der Waals surface area contributed by atoms with E-state index in [0.717, 1.165) is 29.0 Å². The van der Waals surface area contributed by atoms with E-state index in [9.17, 15) is 14.0 Å². The third-order valence-corrected chi connectivity index (χ3v) is 7.76. The van der Waals surface area contributed by atoms with Crippen molar-refractivity contribution >= 4 is 20.9 Å². The van der Waals surface area contributed by atoms with E-state index in [4.69, 9.17) is 4.74 Å². The van der Waals surface area contributed by atoms with E-state index in [1.165, 1.54) is 23.8 Å². The Hall–Kier alpha value is -4.30. The van der Waals surface area contributed by atoms with Crippen molar-refractivity contribution in [3.63, 3.8) is 0 Å². The number of aryl methyl sites for hydroxylation is 1. The number of amides is 1. The lowest BCUT2D eigenvalue weighted by atomic mass is 9.94. The zero-order valence-corrected chi connectivity index (χ0v) is 26.4. The van der Waals surface area contributed by atoms with E-state index in [-0.39, 0.29) is 29.9 Å². The average molecular weight is 609 g/mol. The largest absolute Gasteiger partial charge is 0.481 e. The molecule has 0 radical (unpaired) electrons. The van der Waals surface area contributed by atoms with E-state index in [2.05, 4.69) is 49.9 Å². The van der Waals surface area contributed by atoms with Crippen LogP contribution >= 0.6 is 9.24 Å². The summed E-state index contributed by atoms with van der Waals surface area (Å²) in [7, 11) is 2.83. The Balaban J connectivity index is 1.35. The molecule has 4 rings (SSSR count). The molecule has 0 heterocycles. The van der Waals surface area contributed by atoms with Crippen LogP contribution in [0.4, 0.5) is 4.39 Å². The molecule has 2 N–H and O–H groups in total. The molecular formula is C37H38FN2O3P. The number of hydrogen-bond acceptors (Lipinski definition) is 4. The summed E-state index contributed by atoms with van der Waals surface area (Å²) in [6.07, 6.45) is 0.316. The second kappa shape index (κ2) is 16.0. The highest BCUT2D eigenvalue weighted by molar-refractivity contribution is 7.17. The summed E-state index contributed by atoms with van der Waals surface area (Å²) in [4.78, 5) is 25.9. The van der Waals surface area contributed by atoms with Crippen molar-refractivity contribution in [1.29, 1.82) is 0 Å². The Bertz CT molecular complexity index is 1650. The third-order valence-electron chi connectivity index (χ3n) is 7.13. The lowest BCUT2D eigenvalue weighted by Gasteiger charge is -2.20. The molecule has 0 spiro atoms. The molecule has 0 aliphatic carbocycles.